The summed E-state index contributed by atoms with van der Waals surface area (Å²) in [6.45, 7) is 4.63. The quantitative estimate of drug-likeness (QED) is 0.779. The fourth-order valence-corrected chi connectivity index (χ4v) is 2.85. The molecule has 1 aromatic carbocycles. The van der Waals surface area contributed by atoms with Crippen molar-refractivity contribution in [1.82, 2.24) is 0 Å². The van der Waals surface area contributed by atoms with Gasteiger partial charge in [-0.15, -0.1) is 0 Å². The fourth-order valence-electron chi connectivity index (χ4n) is 2.85. The highest BCUT2D eigenvalue weighted by Crippen LogP contribution is 2.27. The Labute approximate surface area is 106 Å². The summed E-state index contributed by atoms with van der Waals surface area (Å²) in [5.41, 5.74) is 2.86. The lowest BCUT2D eigenvalue weighted by Crippen LogP contribution is -2.25. The second-order valence-electron chi connectivity index (χ2n) is 5.30. The number of aryl methyl sites for hydroxylation is 1. The summed E-state index contributed by atoms with van der Waals surface area (Å²) in [7, 11) is 0. The smallest absolute Gasteiger partial charge is 0.0374 e. The molecule has 1 unspecified atom stereocenters. The summed E-state index contributed by atoms with van der Waals surface area (Å²) < 4.78 is 0. The van der Waals surface area contributed by atoms with Crippen LogP contribution in [0.25, 0.3) is 0 Å². The Kier molecular flexibility index (Phi) is 4.47. The molecule has 1 N–H and O–H groups in total. The molecule has 0 spiro atoms. The molecule has 1 heterocycles. The molecule has 0 saturated carbocycles. The van der Waals surface area contributed by atoms with Gasteiger partial charge >= 0.3 is 0 Å². The van der Waals surface area contributed by atoms with E-state index >= 15 is 0 Å². The lowest BCUT2D eigenvalue weighted by atomic mass is 9.90. The zero-order valence-corrected chi connectivity index (χ0v) is 11.2. The maximum Gasteiger partial charge on any atom is 0.0374 e. The molecule has 1 atom stereocenters. The number of hydrogen-bond donors (Lipinski definition) is 1. The predicted octanol–water partition coefficient (Wildman–Crippen LogP) is 4.63. The lowest BCUT2D eigenvalue weighted by molar-refractivity contribution is 0.414. The summed E-state index contributed by atoms with van der Waals surface area (Å²) in [4.78, 5) is 0. The van der Waals surface area contributed by atoms with Crippen molar-refractivity contribution in [2.75, 3.05) is 5.32 Å². The van der Waals surface area contributed by atoms with Crippen molar-refractivity contribution in [3.8, 4) is 0 Å². The molecule has 0 fully saturated rings. The highest BCUT2D eigenvalue weighted by molar-refractivity contribution is 5.53. The molecule has 1 heteroatoms. The number of rotatable bonds is 5. The molecule has 1 aliphatic rings. The Balaban J connectivity index is 1.86. The number of benzene rings is 1. The van der Waals surface area contributed by atoms with Crippen molar-refractivity contribution < 1.29 is 0 Å². The topological polar surface area (TPSA) is 12.0 Å². The van der Waals surface area contributed by atoms with E-state index in [1.807, 2.05) is 0 Å². The second-order valence-corrected chi connectivity index (χ2v) is 5.30. The monoisotopic (exact) mass is 231 g/mol. The largest absolute Gasteiger partial charge is 0.382 e. The molecule has 0 bridgehead atoms. The van der Waals surface area contributed by atoms with E-state index in [0.717, 1.165) is 5.92 Å². The molecule has 0 radical (unpaired) electrons. The van der Waals surface area contributed by atoms with E-state index in [1.54, 1.807) is 0 Å². The molecule has 0 aromatic heterocycles. The van der Waals surface area contributed by atoms with E-state index in [4.69, 9.17) is 0 Å². The molecular formula is C16H25N. The number of anilines is 1. The SMILES string of the molecule is CCC(CC)CCC1CCc2ccccc2N1. The summed E-state index contributed by atoms with van der Waals surface area (Å²) in [6.07, 6.45) is 7.93. The Morgan fingerprint density at radius 3 is 2.76 bits per heavy atom. The molecule has 0 saturated heterocycles. The van der Waals surface area contributed by atoms with E-state index in [1.165, 1.54) is 49.8 Å². The van der Waals surface area contributed by atoms with Crippen LogP contribution in [-0.2, 0) is 6.42 Å². The van der Waals surface area contributed by atoms with Gasteiger partial charge in [-0.05, 0) is 43.2 Å². The van der Waals surface area contributed by atoms with Crippen molar-refractivity contribution >= 4 is 5.69 Å². The Hall–Kier alpha value is -0.980. The summed E-state index contributed by atoms with van der Waals surface area (Å²) in [5, 5.41) is 3.70. The molecule has 94 valence electrons. The van der Waals surface area contributed by atoms with Gasteiger partial charge in [0.15, 0.2) is 0 Å². The third-order valence-electron chi connectivity index (χ3n) is 4.22. The van der Waals surface area contributed by atoms with Crippen LogP contribution in [0.15, 0.2) is 24.3 Å². The third kappa shape index (κ3) is 3.24. The predicted molar refractivity (Wildman–Crippen MR) is 75.5 cm³/mol. The van der Waals surface area contributed by atoms with Crippen LogP contribution in [0, 0.1) is 5.92 Å². The van der Waals surface area contributed by atoms with Crippen LogP contribution in [0.4, 0.5) is 5.69 Å². The average molecular weight is 231 g/mol. The lowest BCUT2D eigenvalue weighted by Gasteiger charge is -2.28. The Morgan fingerprint density at radius 2 is 2.00 bits per heavy atom. The van der Waals surface area contributed by atoms with Crippen LogP contribution in [0.3, 0.4) is 0 Å². The van der Waals surface area contributed by atoms with Gasteiger partial charge in [-0.2, -0.15) is 0 Å². The molecule has 1 aromatic rings. The van der Waals surface area contributed by atoms with E-state index in [2.05, 4.69) is 43.4 Å². The minimum absolute atomic E-state index is 0.700. The van der Waals surface area contributed by atoms with E-state index in [9.17, 15) is 0 Å². The van der Waals surface area contributed by atoms with Crippen molar-refractivity contribution in [2.24, 2.45) is 5.92 Å². The van der Waals surface area contributed by atoms with Crippen LogP contribution >= 0.6 is 0 Å². The first kappa shape index (κ1) is 12.5. The zero-order valence-electron chi connectivity index (χ0n) is 11.2. The maximum atomic E-state index is 3.70. The third-order valence-corrected chi connectivity index (χ3v) is 4.22. The molecule has 1 nitrogen and oxygen atoms in total. The number of fused-ring (bicyclic) bond motifs is 1. The normalized spacial score (nSPS) is 18.9. The first-order chi connectivity index (χ1) is 8.33. The minimum Gasteiger partial charge on any atom is -0.382 e. The van der Waals surface area contributed by atoms with E-state index in [-0.39, 0.29) is 0 Å². The molecule has 0 aliphatic carbocycles. The molecule has 2 rings (SSSR count). The minimum atomic E-state index is 0.700. The second kappa shape index (κ2) is 6.09. The summed E-state index contributed by atoms with van der Waals surface area (Å²) in [6, 6.07) is 9.45. The summed E-state index contributed by atoms with van der Waals surface area (Å²) >= 11 is 0. The molecule has 17 heavy (non-hydrogen) atoms. The van der Waals surface area contributed by atoms with Crippen LogP contribution < -0.4 is 5.32 Å². The van der Waals surface area contributed by atoms with Gasteiger partial charge in [0.1, 0.15) is 0 Å². The van der Waals surface area contributed by atoms with E-state index < -0.39 is 0 Å². The Morgan fingerprint density at radius 1 is 1.24 bits per heavy atom. The van der Waals surface area contributed by atoms with Gasteiger partial charge in [-0.1, -0.05) is 44.9 Å². The van der Waals surface area contributed by atoms with Crippen molar-refractivity contribution in [3.05, 3.63) is 29.8 Å². The van der Waals surface area contributed by atoms with Crippen molar-refractivity contribution in [1.29, 1.82) is 0 Å². The van der Waals surface area contributed by atoms with Crippen LogP contribution in [-0.4, -0.2) is 6.04 Å². The maximum absolute atomic E-state index is 3.70. The standard InChI is InChI=1S/C16H25N/c1-3-13(4-2)9-11-15-12-10-14-7-5-6-8-16(14)17-15/h5-8,13,15,17H,3-4,9-12H2,1-2H3. The number of hydrogen-bond acceptors (Lipinski definition) is 1. The van der Waals surface area contributed by atoms with Crippen LogP contribution in [0.5, 0.6) is 0 Å². The molecular weight excluding hydrogens is 206 g/mol. The van der Waals surface area contributed by atoms with Gasteiger partial charge < -0.3 is 5.32 Å². The highest BCUT2D eigenvalue weighted by atomic mass is 14.9. The zero-order chi connectivity index (χ0) is 12.1. The van der Waals surface area contributed by atoms with Crippen molar-refractivity contribution in [3.63, 3.8) is 0 Å². The van der Waals surface area contributed by atoms with E-state index in [0.29, 0.717) is 6.04 Å². The number of para-hydroxylation sites is 1. The van der Waals surface area contributed by atoms with Crippen LogP contribution in [0.2, 0.25) is 0 Å². The summed E-state index contributed by atoms with van der Waals surface area (Å²) in [5.74, 6) is 0.925. The fraction of sp³-hybridized carbons (Fsp3) is 0.625. The first-order valence-corrected chi connectivity index (χ1v) is 7.18. The van der Waals surface area contributed by atoms with Gasteiger partial charge in [-0.25, -0.2) is 0 Å². The van der Waals surface area contributed by atoms with Gasteiger partial charge in [0, 0.05) is 11.7 Å². The molecule has 1 aliphatic heterocycles. The first-order valence-electron chi connectivity index (χ1n) is 7.18. The van der Waals surface area contributed by atoms with Gasteiger partial charge in [0.2, 0.25) is 0 Å². The van der Waals surface area contributed by atoms with Crippen molar-refractivity contribution in [2.45, 2.75) is 58.4 Å². The molecule has 0 amide bonds. The number of nitrogens with one attached hydrogen (secondary N) is 1. The highest BCUT2D eigenvalue weighted by Gasteiger charge is 2.17. The Bertz CT molecular complexity index is 341. The van der Waals surface area contributed by atoms with Gasteiger partial charge in [0.25, 0.3) is 0 Å². The van der Waals surface area contributed by atoms with Gasteiger partial charge in [-0.3, -0.25) is 0 Å². The van der Waals surface area contributed by atoms with Gasteiger partial charge in [0.05, 0.1) is 0 Å². The average Bonchev–Trinajstić information content (AvgIpc) is 2.40. The van der Waals surface area contributed by atoms with Crippen LogP contribution in [0.1, 0.15) is 51.5 Å².